The number of rotatable bonds is 3. The maximum absolute atomic E-state index is 11.9. The molecular weight excluding hydrogens is 308 g/mol. The molecule has 1 aromatic heterocycles. The summed E-state index contributed by atoms with van der Waals surface area (Å²) in [6.07, 6.45) is 1.25. The first-order valence-electron chi connectivity index (χ1n) is 7.40. The molecule has 2 heterocycles. The van der Waals surface area contributed by atoms with E-state index in [0.717, 1.165) is 11.3 Å². The third kappa shape index (κ3) is 3.43. The van der Waals surface area contributed by atoms with Crippen LogP contribution in [-0.2, 0) is 19.1 Å². The van der Waals surface area contributed by atoms with Crippen LogP contribution in [0.3, 0.4) is 0 Å². The zero-order valence-corrected chi connectivity index (χ0v) is 13.3. The predicted octanol–water partition coefficient (Wildman–Crippen LogP) is 2.88. The van der Waals surface area contributed by atoms with Crippen LogP contribution < -0.4 is 5.32 Å². The molecule has 0 unspecified atom stereocenters. The molecule has 1 aliphatic heterocycles. The van der Waals surface area contributed by atoms with Crippen LogP contribution in [0.4, 0.5) is 5.82 Å². The lowest BCUT2D eigenvalue weighted by Crippen LogP contribution is -2.42. The third-order valence-electron chi connectivity index (χ3n) is 3.30. The molecule has 6 heteroatoms. The second-order valence-electron chi connectivity index (χ2n) is 5.66. The summed E-state index contributed by atoms with van der Waals surface area (Å²) in [5.41, 5.74) is 1.53. The molecule has 0 aliphatic carbocycles. The number of carbonyl (C=O) groups is 2. The van der Waals surface area contributed by atoms with E-state index in [2.05, 4.69) is 10.3 Å². The number of nitrogens with zero attached hydrogens (tertiary/aromatic N) is 1. The summed E-state index contributed by atoms with van der Waals surface area (Å²) in [5, 5.41) is 2.84. The number of hydrogen-bond donors (Lipinski definition) is 1. The largest absolute Gasteiger partial charge is 0.419 e. The van der Waals surface area contributed by atoms with E-state index < -0.39 is 17.7 Å². The van der Waals surface area contributed by atoms with Gasteiger partial charge in [-0.2, -0.15) is 0 Å². The van der Waals surface area contributed by atoms with Gasteiger partial charge in [-0.1, -0.05) is 36.4 Å². The van der Waals surface area contributed by atoms with E-state index in [1.165, 1.54) is 20.0 Å². The summed E-state index contributed by atoms with van der Waals surface area (Å²) in [5.74, 6) is -2.23. The van der Waals surface area contributed by atoms with Crippen molar-refractivity contribution in [3.63, 3.8) is 0 Å². The van der Waals surface area contributed by atoms with Crippen molar-refractivity contribution in [2.45, 2.75) is 19.6 Å². The summed E-state index contributed by atoms with van der Waals surface area (Å²) in [7, 11) is 0. The Hall–Kier alpha value is -3.15. The molecule has 24 heavy (non-hydrogen) atoms. The van der Waals surface area contributed by atoms with E-state index in [0.29, 0.717) is 5.82 Å². The zero-order chi connectivity index (χ0) is 17.2. The van der Waals surface area contributed by atoms with Crippen molar-refractivity contribution >= 4 is 17.8 Å². The fraction of sp³-hybridized carbons (Fsp3) is 0.167. The molecule has 1 aliphatic rings. The first kappa shape index (κ1) is 15.7. The Kier molecular flexibility index (Phi) is 4.04. The first-order chi connectivity index (χ1) is 11.4. The maximum Gasteiger partial charge on any atom is 0.350 e. The van der Waals surface area contributed by atoms with Crippen LogP contribution in [0.2, 0.25) is 0 Å². The van der Waals surface area contributed by atoms with Gasteiger partial charge in [-0.3, -0.25) is 0 Å². The number of cyclic esters (lactones) is 2. The van der Waals surface area contributed by atoms with Crippen molar-refractivity contribution in [1.82, 2.24) is 4.98 Å². The van der Waals surface area contributed by atoms with E-state index in [1.807, 2.05) is 42.5 Å². The van der Waals surface area contributed by atoms with E-state index in [9.17, 15) is 9.59 Å². The number of nitrogens with one attached hydrogen (secondary N) is 1. The lowest BCUT2D eigenvalue weighted by atomic mass is 10.1. The molecule has 0 amide bonds. The number of ether oxygens (including phenoxy) is 2. The molecule has 2 aromatic rings. The summed E-state index contributed by atoms with van der Waals surface area (Å²) >= 11 is 0. The topological polar surface area (TPSA) is 77.5 Å². The Morgan fingerprint density at radius 3 is 2.29 bits per heavy atom. The Morgan fingerprint density at radius 2 is 1.62 bits per heavy atom. The summed E-state index contributed by atoms with van der Waals surface area (Å²) in [6, 6.07) is 15.1. The normalized spacial score (nSPS) is 16.2. The smallest absolute Gasteiger partial charge is 0.350 e. The summed E-state index contributed by atoms with van der Waals surface area (Å²) < 4.78 is 10.1. The van der Waals surface area contributed by atoms with E-state index in [-0.39, 0.29) is 5.57 Å². The van der Waals surface area contributed by atoms with E-state index >= 15 is 0 Å². The van der Waals surface area contributed by atoms with Gasteiger partial charge in [0.1, 0.15) is 5.82 Å². The molecule has 6 nitrogen and oxygen atoms in total. The van der Waals surface area contributed by atoms with Crippen LogP contribution >= 0.6 is 0 Å². The molecule has 1 saturated heterocycles. The van der Waals surface area contributed by atoms with Gasteiger partial charge in [0.25, 0.3) is 5.79 Å². The molecule has 0 radical (unpaired) electrons. The van der Waals surface area contributed by atoms with Crippen LogP contribution in [-0.4, -0.2) is 22.7 Å². The molecule has 1 aromatic carbocycles. The van der Waals surface area contributed by atoms with Crippen LogP contribution in [0.1, 0.15) is 13.8 Å². The average Bonchev–Trinajstić information content (AvgIpc) is 2.54. The summed E-state index contributed by atoms with van der Waals surface area (Å²) in [4.78, 5) is 28.2. The minimum absolute atomic E-state index is 0.207. The van der Waals surface area contributed by atoms with E-state index in [1.54, 1.807) is 6.07 Å². The molecule has 1 N–H and O–H groups in total. The fourth-order valence-electron chi connectivity index (χ4n) is 2.21. The molecule has 1 fully saturated rings. The SMILES string of the molecule is CC1(C)OC(=O)C(=CNc2cccc(-c3ccccc3)n2)C(=O)O1. The second kappa shape index (κ2) is 6.16. The highest BCUT2D eigenvalue weighted by molar-refractivity contribution is 6.15. The van der Waals surface area contributed by atoms with Crippen molar-refractivity contribution in [1.29, 1.82) is 0 Å². The third-order valence-corrected chi connectivity index (χ3v) is 3.30. The van der Waals surface area contributed by atoms with Crippen molar-refractivity contribution < 1.29 is 19.1 Å². The highest BCUT2D eigenvalue weighted by Crippen LogP contribution is 2.23. The van der Waals surface area contributed by atoms with Crippen LogP contribution in [0.15, 0.2) is 60.3 Å². The number of carbonyl (C=O) groups excluding carboxylic acids is 2. The van der Waals surface area contributed by atoms with Crippen molar-refractivity contribution in [3.8, 4) is 11.3 Å². The number of pyridine rings is 1. The molecule has 0 bridgehead atoms. The van der Waals surface area contributed by atoms with Gasteiger partial charge in [0.2, 0.25) is 0 Å². The molecule has 3 rings (SSSR count). The Bertz CT molecular complexity index is 791. The highest BCUT2D eigenvalue weighted by Gasteiger charge is 2.38. The number of esters is 2. The minimum atomic E-state index is -1.25. The first-order valence-corrected chi connectivity index (χ1v) is 7.40. The van der Waals surface area contributed by atoms with Gasteiger partial charge in [-0.05, 0) is 12.1 Å². The molecular formula is C18H16N2O4. The lowest BCUT2D eigenvalue weighted by Gasteiger charge is -2.29. The van der Waals surface area contributed by atoms with Crippen LogP contribution in [0.25, 0.3) is 11.3 Å². The molecule has 0 saturated carbocycles. The number of benzene rings is 1. The Balaban J connectivity index is 1.80. The average molecular weight is 324 g/mol. The van der Waals surface area contributed by atoms with Gasteiger partial charge in [-0.15, -0.1) is 0 Å². The quantitative estimate of drug-likeness (QED) is 0.531. The monoisotopic (exact) mass is 324 g/mol. The van der Waals surface area contributed by atoms with Crippen molar-refractivity contribution in [2.75, 3.05) is 5.32 Å². The van der Waals surface area contributed by atoms with E-state index in [4.69, 9.17) is 9.47 Å². The molecule has 0 atom stereocenters. The second-order valence-corrected chi connectivity index (χ2v) is 5.66. The van der Waals surface area contributed by atoms with Crippen molar-refractivity contribution in [2.24, 2.45) is 0 Å². The number of hydrogen-bond acceptors (Lipinski definition) is 6. The standard InChI is InChI=1S/C18H16N2O4/c1-18(2)23-16(21)13(17(22)24-18)11-19-15-10-6-9-14(20-15)12-7-4-3-5-8-12/h3-11H,1-2H3,(H,19,20). The molecule has 0 spiro atoms. The maximum atomic E-state index is 11.9. The molecule has 122 valence electrons. The fourth-order valence-corrected chi connectivity index (χ4v) is 2.21. The van der Waals surface area contributed by atoms with Crippen molar-refractivity contribution in [3.05, 3.63) is 60.3 Å². The Labute approximate surface area is 139 Å². The van der Waals surface area contributed by atoms with Gasteiger partial charge >= 0.3 is 11.9 Å². The van der Waals surface area contributed by atoms with Gasteiger partial charge in [0, 0.05) is 25.6 Å². The number of aromatic nitrogens is 1. The van der Waals surface area contributed by atoms with Gasteiger partial charge in [-0.25, -0.2) is 14.6 Å². The van der Waals surface area contributed by atoms with Gasteiger partial charge in [0.05, 0.1) is 5.69 Å². The van der Waals surface area contributed by atoms with Gasteiger partial charge < -0.3 is 14.8 Å². The number of anilines is 1. The zero-order valence-electron chi connectivity index (χ0n) is 13.3. The van der Waals surface area contributed by atoms with Crippen LogP contribution in [0, 0.1) is 0 Å². The van der Waals surface area contributed by atoms with Crippen LogP contribution in [0.5, 0.6) is 0 Å². The lowest BCUT2D eigenvalue weighted by molar-refractivity contribution is -0.222. The van der Waals surface area contributed by atoms with Gasteiger partial charge in [0.15, 0.2) is 5.57 Å². The predicted molar refractivity (Wildman–Crippen MR) is 87.6 cm³/mol. The Morgan fingerprint density at radius 1 is 0.958 bits per heavy atom. The highest BCUT2D eigenvalue weighted by atomic mass is 16.7. The summed E-state index contributed by atoms with van der Waals surface area (Å²) in [6.45, 7) is 3.00. The minimum Gasteiger partial charge on any atom is -0.419 e.